The molecule has 0 spiro atoms. The summed E-state index contributed by atoms with van der Waals surface area (Å²) in [6, 6.07) is 7.93. The maximum Gasteiger partial charge on any atom is 0.181 e. The molecule has 15 heavy (non-hydrogen) atoms. The quantitative estimate of drug-likeness (QED) is 0.820. The molecule has 2 aromatic rings. The maximum absolute atomic E-state index is 11.8. The molecule has 2 rings (SSSR count). The van der Waals surface area contributed by atoms with E-state index in [1.165, 1.54) is 0 Å². The van der Waals surface area contributed by atoms with Gasteiger partial charge in [0.15, 0.2) is 4.34 Å². The lowest BCUT2D eigenvalue weighted by atomic mass is 10.3. The third-order valence-corrected chi connectivity index (χ3v) is 4.93. The van der Waals surface area contributed by atoms with E-state index in [-0.39, 0.29) is 0 Å². The van der Waals surface area contributed by atoms with Crippen LogP contribution in [0.25, 0.3) is 10.2 Å². The first kappa shape index (κ1) is 10.8. The van der Waals surface area contributed by atoms with Gasteiger partial charge in [-0.3, -0.25) is 4.21 Å². The Bertz CT molecular complexity index is 445. The van der Waals surface area contributed by atoms with Gasteiger partial charge >= 0.3 is 0 Å². The first-order chi connectivity index (χ1) is 7.31. The van der Waals surface area contributed by atoms with E-state index in [4.69, 9.17) is 0 Å². The van der Waals surface area contributed by atoms with Gasteiger partial charge in [-0.25, -0.2) is 4.98 Å². The molecule has 2 nitrogen and oxygen atoms in total. The van der Waals surface area contributed by atoms with Gasteiger partial charge in [0.05, 0.1) is 21.0 Å². The number of hydrogen-bond donors (Lipinski definition) is 0. The Morgan fingerprint density at radius 1 is 1.40 bits per heavy atom. The summed E-state index contributed by atoms with van der Waals surface area (Å²) in [4.78, 5) is 4.38. The Labute approximate surface area is 95.8 Å². The molecular weight excluding hydrogens is 226 g/mol. The summed E-state index contributed by atoms with van der Waals surface area (Å²) >= 11 is 1.54. The highest BCUT2D eigenvalue weighted by atomic mass is 32.2. The zero-order chi connectivity index (χ0) is 10.7. The lowest BCUT2D eigenvalue weighted by Crippen LogP contribution is -1.96. The Kier molecular flexibility index (Phi) is 3.49. The second-order valence-electron chi connectivity index (χ2n) is 3.35. The average Bonchev–Trinajstić information content (AvgIpc) is 2.69. The third kappa shape index (κ3) is 2.44. The predicted molar refractivity (Wildman–Crippen MR) is 65.8 cm³/mol. The normalized spacial score (nSPS) is 13.1. The monoisotopic (exact) mass is 239 g/mol. The maximum atomic E-state index is 11.8. The largest absolute Gasteiger partial charge is 0.252 e. The van der Waals surface area contributed by atoms with E-state index in [1.54, 1.807) is 11.3 Å². The molecule has 0 aliphatic carbocycles. The lowest BCUT2D eigenvalue weighted by molar-refractivity contribution is 0.679. The van der Waals surface area contributed by atoms with Crippen LogP contribution in [0.15, 0.2) is 28.6 Å². The highest BCUT2D eigenvalue weighted by Gasteiger charge is 2.09. The molecule has 0 unspecified atom stereocenters. The molecule has 0 aliphatic heterocycles. The van der Waals surface area contributed by atoms with Crippen molar-refractivity contribution >= 4 is 32.4 Å². The molecule has 1 aromatic heterocycles. The van der Waals surface area contributed by atoms with Gasteiger partial charge in [-0.2, -0.15) is 0 Å². The van der Waals surface area contributed by atoms with Gasteiger partial charge in [-0.1, -0.05) is 25.5 Å². The molecule has 0 aliphatic rings. The Balaban J connectivity index is 2.25. The van der Waals surface area contributed by atoms with Crippen molar-refractivity contribution in [2.75, 3.05) is 5.75 Å². The van der Waals surface area contributed by atoms with E-state index in [0.717, 1.165) is 33.2 Å². The van der Waals surface area contributed by atoms with Gasteiger partial charge < -0.3 is 0 Å². The van der Waals surface area contributed by atoms with Crippen LogP contribution in [-0.2, 0) is 10.8 Å². The second-order valence-corrected chi connectivity index (χ2v) is 6.13. The van der Waals surface area contributed by atoms with Crippen molar-refractivity contribution in [2.45, 2.75) is 24.1 Å². The SMILES string of the molecule is CCCC[S@@](=O)c1nc2ccccc2s1. The molecule has 0 saturated heterocycles. The minimum atomic E-state index is -0.909. The molecule has 1 aromatic carbocycles. The van der Waals surface area contributed by atoms with Crippen molar-refractivity contribution in [3.05, 3.63) is 24.3 Å². The second kappa shape index (κ2) is 4.86. The third-order valence-electron chi connectivity index (χ3n) is 2.15. The molecule has 0 N–H and O–H groups in total. The van der Waals surface area contributed by atoms with E-state index in [2.05, 4.69) is 11.9 Å². The van der Waals surface area contributed by atoms with Crippen molar-refractivity contribution < 1.29 is 4.21 Å². The molecule has 4 heteroatoms. The smallest absolute Gasteiger partial charge is 0.181 e. The summed E-state index contributed by atoms with van der Waals surface area (Å²) in [7, 11) is -0.909. The summed E-state index contributed by atoms with van der Waals surface area (Å²) in [5, 5.41) is 0. The van der Waals surface area contributed by atoms with Crippen molar-refractivity contribution in [3.8, 4) is 0 Å². The Hall–Kier alpha value is -0.740. The first-order valence-electron chi connectivity index (χ1n) is 5.05. The molecule has 0 amide bonds. The number of aromatic nitrogens is 1. The standard InChI is InChI=1S/C11H13NOS2/c1-2-3-8-15(13)11-12-9-6-4-5-7-10(9)14-11/h4-7H,2-3,8H2,1H3/t15-/m1/s1. The number of rotatable bonds is 4. The summed E-state index contributed by atoms with van der Waals surface area (Å²) < 4.78 is 13.7. The molecule has 0 fully saturated rings. The van der Waals surface area contributed by atoms with Gasteiger partial charge in [0.1, 0.15) is 0 Å². The number of thiazole rings is 1. The zero-order valence-corrected chi connectivity index (χ0v) is 10.2. The van der Waals surface area contributed by atoms with Crippen LogP contribution < -0.4 is 0 Å². The number of benzene rings is 1. The summed E-state index contributed by atoms with van der Waals surface area (Å²) in [5.41, 5.74) is 0.961. The van der Waals surface area contributed by atoms with Gasteiger partial charge in [-0.15, -0.1) is 11.3 Å². The van der Waals surface area contributed by atoms with Crippen molar-refractivity contribution in [2.24, 2.45) is 0 Å². The highest BCUT2D eigenvalue weighted by molar-refractivity contribution is 7.87. The molecule has 0 saturated carbocycles. The van der Waals surface area contributed by atoms with Crippen LogP contribution in [0.5, 0.6) is 0 Å². The van der Waals surface area contributed by atoms with E-state index in [9.17, 15) is 4.21 Å². The van der Waals surface area contributed by atoms with Crippen LogP contribution in [0.1, 0.15) is 19.8 Å². The minimum absolute atomic E-state index is 0.732. The molecule has 0 bridgehead atoms. The van der Waals surface area contributed by atoms with Crippen molar-refractivity contribution in [3.63, 3.8) is 0 Å². The highest BCUT2D eigenvalue weighted by Crippen LogP contribution is 2.24. The minimum Gasteiger partial charge on any atom is -0.252 e. The van der Waals surface area contributed by atoms with E-state index in [0.29, 0.717) is 0 Å². The summed E-state index contributed by atoms with van der Waals surface area (Å²) in [6.07, 6.45) is 2.08. The van der Waals surface area contributed by atoms with Crippen molar-refractivity contribution in [1.82, 2.24) is 4.98 Å². The van der Waals surface area contributed by atoms with Crippen molar-refractivity contribution in [1.29, 1.82) is 0 Å². The van der Waals surface area contributed by atoms with Crippen LogP contribution in [0.4, 0.5) is 0 Å². The van der Waals surface area contributed by atoms with Crippen LogP contribution >= 0.6 is 11.3 Å². The predicted octanol–water partition coefficient (Wildman–Crippen LogP) is 3.20. The van der Waals surface area contributed by atoms with Crippen LogP contribution in [0, 0.1) is 0 Å². The summed E-state index contributed by atoms with van der Waals surface area (Å²) in [5.74, 6) is 0.732. The van der Waals surface area contributed by atoms with E-state index >= 15 is 0 Å². The molecule has 1 heterocycles. The fraction of sp³-hybridized carbons (Fsp3) is 0.364. The van der Waals surface area contributed by atoms with E-state index < -0.39 is 10.8 Å². The first-order valence-corrected chi connectivity index (χ1v) is 7.18. The van der Waals surface area contributed by atoms with Gasteiger partial charge in [0.2, 0.25) is 0 Å². The Morgan fingerprint density at radius 3 is 2.93 bits per heavy atom. The zero-order valence-electron chi connectivity index (χ0n) is 8.60. The van der Waals surface area contributed by atoms with Crippen LogP contribution in [-0.4, -0.2) is 14.9 Å². The number of nitrogens with zero attached hydrogens (tertiary/aromatic N) is 1. The number of para-hydroxylation sites is 1. The molecule has 80 valence electrons. The fourth-order valence-electron chi connectivity index (χ4n) is 1.31. The average molecular weight is 239 g/mol. The summed E-state index contributed by atoms with van der Waals surface area (Å²) in [6.45, 7) is 2.11. The van der Waals surface area contributed by atoms with Gasteiger partial charge in [0, 0.05) is 5.75 Å². The van der Waals surface area contributed by atoms with Crippen LogP contribution in [0.3, 0.4) is 0 Å². The Morgan fingerprint density at radius 2 is 2.20 bits per heavy atom. The molecule has 0 radical (unpaired) electrons. The lowest BCUT2D eigenvalue weighted by Gasteiger charge is -1.94. The van der Waals surface area contributed by atoms with Gasteiger partial charge in [-0.05, 0) is 18.6 Å². The number of unbranched alkanes of at least 4 members (excludes halogenated alkanes) is 1. The van der Waals surface area contributed by atoms with Crippen LogP contribution in [0.2, 0.25) is 0 Å². The fourth-order valence-corrected chi connectivity index (χ4v) is 3.82. The number of hydrogen-bond acceptors (Lipinski definition) is 3. The molecular formula is C11H13NOS2. The topological polar surface area (TPSA) is 30.0 Å². The molecule has 1 atom stereocenters. The van der Waals surface area contributed by atoms with E-state index in [1.807, 2.05) is 24.3 Å². The van der Waals surface area contributed by atoms with Gasteiger partial charge in [0.25, 0.3) is 0 Å². The number of fused-ring (bicyclic) bond motifs is 1.